The number of rotatable bonds is 1. The summed E-state index contributed by atoms with van der Waals surface area (Å²) >= 11 is 0. The molecule has 0 aromatic carbocycles. The van der Waals surface area contributed by atoms with Crippen molar-refractivity contribution in [3.05, 3.63) is 0 Å². The number of hydrogen-bond donors (Lipinski definition) is 2. The standard InChI is InChI=1S/C13H25NO/c1-10-6-7-13(15,9-11(10)2)12-5-3-4-8-14-12/h10-12,14-15H,3-9H2,1-2H3. The maximum absolute atomic E-state index is 10.7. The van der Waals surface area contributed by atoms with Crippen LogP contribution in [0.4, 0.5) is 0 Å². The van der Waals surface area contributed by atoms with E-state index >= 15 is 0 Å². The van der Waals surface area contributed by atoms with Gasteiger partial charge in [0.15, 0.2) is 0 Å². The fraction of sp³-hybridized carbons (Fsp3) is 1.00. The first-order chi connectivity index (χ1) is 7.12. The summed E-state index contributed by atoms with van der Waals surface area (Å²) in [7, 11) is 0. The van der Waals surface area contributed by atoms with Gasteiger partial charge in [0, 0.05) is 6.04 Å². The summed E-state index contributed by atoms with van der Waals surface area (Å²) in [5.41, 5.74) is -0.410. The second kappa shape index (κ2) is 4.42. The minimum absolute atomic E-state index is 0.362. The largest absolute Gasteiger partial charge is 0.388 e. The van der Waals surface area contributed by atoms with Crippen LogP contribution in [0.15, 0.2) is 0 Å². The molecule has 0 spiro atoms. The molecule has 4 atom stereocenters. The Hall–Kier alpha value is -0.0800. The van der Waals surface area contributed by atoms with Crippen molar-refractivity contribution in [3.63, 3.8) is 0 Å². The lowest BCUT2D eigenvalue weighted by molar-refractivity contribution is -0.0634. The van der Waals surface area contributed by atoms with Gasteiger partial charge in [0.2, 0.25) is 0 Å². The first-order valence-electron chi connectivity index (χ1n) is 6.57. The predicted molar refractivity (Wildman–Crippen MR) is 62.8 cm³/mol. The average Bonchev–Trinajstić information content (AvgIpc) is 2.26. The van der Waals surface area contributed by atoms with Crippen molar-refractivity contribution in [1.82, 2.24) is 5.32 Å². The second-order valence-corrected chi connectivity index (χ2v) is 5.80. The third-order valence-corrected chi connectivity index (χ3v) is 4.64. The summed E-state index contributed by atoms with van der Waals surface area (Å²) in [4.78, 5) is 0. The molecule has 1 saturated carbocycles. The molecule has 0 amide bonds. The van der Waals surface area contributed by atoms with Gasteiger partial charge in [0.25, 0.3) is 0 Å². The van der Waals surface area contributed by atoms with Gasteiger partial charge in [0.05, 0.1) is 5.60 Å². The molecule has 88 valence electrons. The molecule has 1 heterocycles. The van der Waals surface area contributed by atoms with E-state index in [1.54, 1.807) is 0 Å². The van der Waals surface area contributed by atoms with Crippen LogP contribution in [0.2, 0.25) is 0 Å². The van der Waals surface area contributed by atoms with Crippen LogP contribution in [0.5, 0.6) is 0 Å². The van der Waals surface area contributed by atoms with Crippen LogP contribution in [0.3, 0.4) is 0 Å². The van der Waals surface area contributed by atoms with E-state index in [0.717, 1.165) is 31.7 Å². The first-order valence-corrected chi connectivity index (χ1v) is 6.57. The first kappa shape index (κ1) is 11.4. The molecule has 2 N–H and O–H groups in total. The highest BCUT2D eigenvalue weighted by atomic mass is 16.3. The van der Waals surface area contributed by atoms with E-state index in [1.165, 1.54) is 19.3 Å². The zero-order valence-corrected chi connectivity index (χ0v) is 10.1. The Morgan fingerprint density at radius 1 is 1.13 bits per heavy atom. The molecule has 2 fully saturated rings. The van der Waals surface area contributed by atoms with Gasteiger partial charge < -0.3 is 10.4 Å². The van der Waals surface area contributed by atoms with E-state index in [4.69, 9.17) is 0 Å². The SMILES string of the molecule is CC1CCC(O)(C2CCCCN2)CC1C. The summed E-state index contributed by atoms with van der Waals surface area (Å²) in [6.07, 6.45) is 6.90. The van der Waals surface area contributed by atoms with Crippen molar-refractivity contribution < 1.29 is 5.11 Å². The average molecular weight is 211 g/mol. The second-order valence-electron chi connectivity index (χ2n) is 5.80. The maximum atomic E-state index is 10.7. The maximum Gasteiger partial charge on any atom is 0.0802 e. The number of hydrogen-bond acceptors (Lipinski definition) is 2. The molecular weight excluding hydrogens is 186 g/mol. The molecule has 0 bridgehead atoms. The van der Waals surface area contributed by atoms with Crippen molar-refractivity contribution in [1.29, 1.82) is 0 Å². The van der Waals surface area contributed by atoms with Gasteiger partial charge >= 0.3 is 0 Å². The van der Waals surface area contributed by atoms with Gasteiger partial charge in [-0.05, 0) is 50.5 Å². The van der Waals surface area contributed by atoms with E-state index in [0.29, 0.717) is 12.0 Å². The summed E-state index contributed by atoms with van der Waals surface area (Å²) < 4.78 is 0. The molecule has 2 nitrogen and oxygen atoms in total. The van der Waals surface area contributed by atoms with Crippen LogP contribution < -0.4 is 5.32 Å². The van der Waals surface area contributed by atoms with Gasteiger partial charge in [-0.25, -0.2) is 0 Å². The lowest BCUT2D eigenvalue weighted by atomic mass is 9.69. The Bertz CT molecular complexity index is 213. The zero-order valence-electron chi connectivity index (χ0n) is 10.1. The fourth-order valence-corrected chi connectivity index (χ4v) is 3.25. The monoisotopic (exact) mass is 211 g/mol. The Morgan fingerprint density at radius 2 is 1.93 bits per heavy atom. The Kier molecular flexibility index (Phi) is 3.36. The zero-order chi connectivity index (χ0) is 10.9. The highest BCUT2D eigenvalue weighted by molar-refractivity contribution is 4.97. The molecule has 0 radical (unpaired) electrons. The van der Waals surface area contributed by atoms with Crippen molar-refractivity contribution >= 4 is 0 Å². The molecule has 2 aliphatic rings. The third kappa shape index (κ3) is 2.36. The van der Waals surface area contributed by atoms with Crippen LogP contribution >= 0.6 is 0 Å². The molecule has 1 saturated heterocycles. The Morgan fingerprint density at radius 3 is 2.53 bits per heavy atom. The minimum atomic E-state index is -0.410. The van der Waals surface area contributed by atoms with Crippen molar-refractivity contribution in [2.24, 2.45) is 11.8 Å². The number of piperidine rings is 1. The summed E-state index contributed by atoms with van der Waals surface area (Å²) in [6, 6.07) is 0.362. The van der Waals surface area contributed by atoms with E-state index in [2.05, 4.69) is 19.2 Å². The van der Waals surface area contributed by atoms with E-state index in [9.17, 15) is 5.11 Å². The molecule has 4 unspecified atom stereocenters. The molecule has 2 rings (SSSR count). The van der Waals surface area contributed by atoms with Crippen LogP contribution in [-0.4, -0.2) is 23.3 Å². The summed E-state index contributed by atoms with van der Waals surface area (Å²) in [6.45, 7) is 5.70. The van der Waals surface area contributed by atoms with Gasteiger partial charge in [-0.3, -0.25) is 0 Å². The van der Waals surface area contributed by atoms with E-state index in [-0.39, 0.29) is 0 Å². The van der Waals surface area contributed by atoms with Gasteiger partial charge in [-0.2, -0.15) is 0 Å². The van der Waals surface area contributed by atoms with E-state index in [1.807, 2.05) is 0 Å². The molecule has 0 aromatic rings. The van der Waals surface area contributed by atoms with Gasteiger partial charge in [-0.15, -0.1) is 0 Å². The lowest BCUT2D eigenvalue weighted by Crippen LogP contribution is -2.55. The number of aliphatic hydroxyl groups is 1. The molecule has 2 heteroatoms. The highest BCUT2D eigenvalue weighted by Gasteiger charge is 2.42. The Labute approximate surface area is 93.5 Å². The lowest BCUT2D eigenvalue weighted by Gasteiger charge is -2.45. The summed E-state index contributed by atoms with van der Waals surface area (Å²) in [5, 5.41) is 14.2. The Balaban J connectivity index is 1.99. The third-order valence-electron chi connectivity index (χ3n) is 4.64. The molecule has 1 aliphatic carbocycles. The quantitative estimate of drug-likeness (QED) is 0.697. The van der Waals surface area contributed by atoms with Crippen molar-refractivity contribution in [2.75, 3.05) is 6.54 Å². The molecule has 0 aromatic heterocycles. The van der Waals surface area contributed by atoms with Gasteiger partial charge in [0.1, 0.15) is 0 Å². The van der Waals surface area contributed by atoms with Crippen LogP contribution in [0, 0.1) is 11.8 Å². The van der Waals surface area contributed by atoms with Crippen molar-refractivity contribution in [3.8, 4) is 0 Å². The smallest absolute Gasteiger partial charge is 0.0802 e. The van der Waals surface area contributed by atoms with Crippen LogP contribution in [0.25, 0.3) is 0 Å². The van der Waals surface area contributed by atoms with Crippen LogP contribution in [-0.2, 0) is 0 Å². The normalized spacial score (nSPS) is 47.8. The number of nitrogens with one attached hydrogen (secondary N) is 1. The fourth-order valence-electron chi connectivity index (χ4n) is 3.25. The van der Waals surface area contributed by atoms with Gasteiger partial charge in [-0.1, -0.05) is 20.3 Å². The highest BCUT2D eigenvalue weighted by Crippen LogP contribution is 2.39. The molecule has 1 aliphatic heterocycles. The van der Waals surface area contributed by atoms with E-state index < -0.39 is 5.60 Å². The summed E-state index contributed by atoms with van der Waals surface area (Å²) in [5.74, 6) is 1.46. The van der Waals surface area contributed by atoms with Crippen LogP contribution in [0.1, 0.15) is 52.4 Å². The molecule has 15 heavy (non-hydrogen) atoms. The predicted octanol–water partition coefficient (Wildman–Crippen LogP) is 2.32. The molecular formula is C13H25NO. The topological polar surface area (TPSA) is 32.3 Å². The minimum Gasteiger partial charge on any atom is -0.388 e. The van der Waals surface area contributed by atoms with Crippen molar-refractivity contribution in [2.45, 2.75) is 64.0 Å².